The van der Waals surface area contributed by atoms with Crippen molar-refractivity contribution in [2.24, 2.45) is 0 Å². The maximum absolute atomic E-state index is 12.3. The van der Waals surface area contributed by atoms with Crippen LogP contribution in [0.15, 0.2) is 18.2 Å². The summed E-state index contributed by atoms with van der Waals surface area (Å²) in [4.78, 5) is 14.2. The molecule has 20 heavy (non-hydrogen) atoms. The molecule has 4 heteroatoms. The highest BCUT2D eigenvalue weighted by molar-refractivity contribution is 5.78. The van der Waals surface area contributed by atoms with E-state index >= 15 is 0 Å². The lowest BCUT2D eigenvalue weighted by Crippen LogP contribution is -2.58. The van der Waals surface area contributed by atoms with Crippen LogP contribution < -0.4 is 10.1 Å². The molecule has 2 rings (SSSR count). The highest BCUT2D eigenvalue weighted by Gasteiger charge is 2.28. The standard InChI is InChI=1S/C16H24N2O2/c1-11-5-6-12(2)15(9-11)20-10-16(19)18-8-7-17-13(3)14(18)4/h5-6,9,13-14,17H,7-8,10H2,1-4H3. The van der Waals surface area contributed by atoms with Gasteiger partial charge < -0.3 is 15.0 Å². The quantitative estimate of drug-likeness (QED) is 0.916. The van der Waals surface area contributed by atoms with Crippen molar-refractivity contribution in [2.75, 3.05) is 19.7 Å². The van der Waals surface area contributed by atoms with E-state index in [1.165, 1.54) is 0 Å². The number of benzene rings is 1. The second kappa shape index (κ2) is 6.27. The Morgan fingerprint density at radius 1 is 1.40 bits per heavy atom. The summed E-state index contributed by atoms with van der Waals surface area (Å²) in [7, 11) is 0. The van der Waals surface area contributed by atoms with Crippen molar-refractivity contribution < 1.29 is 9.53 Å². The van der Waals surface area contributed by atoms with Gasteiger partial charge in [0.15, 0.2) is 6.61 Å². The summed E-state index contributed by atoms with van der Waals surface area (Å²) in [5.41, 5.74) is 2.20. The first-order chi connectivity index (χ1) is 9.49. The lowest BCUT2D eigenvalue weighted by Gasteiger charge is -2.38. The number of hydrogen-bond donors (Lipinski definition) is 1. The van der Waals surface area contributed by atoms with E-state index in [0.29, 0.717) is 6.04 Å². The van der Waals surface area contributed by atoms with Crippen molar-refractivity contribution in [2.45, 2.75) is 39.8 Å². The number of carbonyl (C=O) groups excluding carboxylic acids is 1. The average Bonchev–Trinajstić information content (AvgIpc) is 2.42. The second-order valence-corrected chi connectivity index (χ2v) is 5.63. The number of amides is 1. The van der Waals surface area contributed by atoms with Crippen molar-refractivity contribution in [3.63, 3.8) is 0 Å². The van der Waals surface area contributed by atoms with Gasteiger partial charge in [-0.25, -0.2) is 0 Å². The molecular weight excluding hydrogens is 252 g/mol. The molecule has 2 atom stereocenters. The topological polar surface area (TPSA) is 41.6 Å². The van der Waals surface area contributed by atoms with Crippen molar-refractivity contribution in [3.8, 4) is 5.75 Å². The molecule has 2 unspecified atom stereocenters. The Morgan fingerprint density at radius 2 is 2.15 bits per heavy atom. The van der Waals surface area contributed by atoms with Crippen molar-refractivity contribution in [3.05, 3.63) is 29.3 Å². The molecule has 1 aliphatic rings. The lowest BCUT2D eigenvalue weighted by molar-refractivity contribution is -0.137. The van der Waals surface area contributed by atoms with Gasteiger partial charge in [-0.15, -0.1) is 0 Å². The molecule has 0 aliphatic carbocycles. The summed E-state index contributed by atoms with van der Waals surface area (Å²) in [5, 5.41) is 3.37. The monoisotopic (exact) mass is 276 g/mol. The number of hydrogen-bond acceptors (Lipinski definition) is 3. The molecule has 1 heterocycles. The molecule has 1 aromatic carbocycles. The van der Waals surface area contributed by atoms with Gasteiger partial charge >= 0.3 is 0 Å². The minimum absolute atomic E-state index is 0.0618. The van der Waals surface area contributed by atoms with E-state index in [9.17, 15) is 4.79 Å². The largest absolute Gasteiger partial charge is 0.483 e. The third kappa shape index (κ3) is 3.31. The Bertz CT molecular complexity index is 487. The van der Waals surface area contributed by atoms with Crippen LogP contribution in [0.2, 0.25) is 0 Å². The summed E-state index contributed by atoms with van der Waals surface area (Å²) in [5.74, 6) is 0.862. The predicted molar refractivity (Wildman–Crippen MR) is 80.1 cm³/mol. The zero-order valence-electron chi connectivity index (χ0n) is 12.8. The molecule has 0 radical (unpaired) electrons. The maximum Gasteiger partial charge on any atom is 0.260 e. The molecule has 0 aromatic heterocycles. The molecule has 1 fully saturated rings. The fourth-order valence-electron chi connectivity index (χ4n) is 2.49. The first-order valence-electron chi connectivity index (χ1n) is 7.22. The van der Waals surface area contributed by atoms with Gasteiger partial charge in [-0.3, -0.25) is 4.79 Å². The second-order valence-electron chi connectivity index (χ2n) is 5.63. The average molecular weight is 276 g/mol. The van der Waals surface area contributed by atoms with Crippen LogP contribution in [-0.4, -0.2) is 42.6 Å². The third-order valence-corrected chi connectivity index (χ3v) is 4.05. The number of rotatable bonds is 3. The Labute approximate surface area is 121 Å². The van der Waals surface area contributed by atoms with E-state index in [-0.39, 0.29) is 18.6 Å². The lowest BCUT2D eigenvalue weighted by atomic mass is 10.1. The fourth-order valence-corrected chi connectivity index (χ4v) is 2.49. The first kappa shape index (κ1) is 14.9. The summed E-state index contributed by atoms with van der Waals surface area (Å²) < 4.78 is 5.70. The van der Waals surface area contributed by atoms with E-state index in [0.717, 1.165) is 30.0 Å². The van der Waals surface area contributed by atoms with Gasteiger partial charge in [0.05, 0.1) is 0 Å². The molecule has 0 bridgehead atoms. The zero-order chi connectivity index (χ0) is 14.7. The molecule has 1 amide bonds. The summed E-state index contributed by atoms with van der Waals surface area (Å²) >= 11 is 0. The summed E-state index contributed by atoms with van der Waals surface area (Å²) in [6.07, 6.45) is 0. The van der Waals surface area contributed by atoms with E-state index in [4.69, 9.17) is 4.74 Å². The van der Waals surface area contributed by atoms with Gasteiger partial charge in [-0.1, -0.05) is 12.1 Å². The van der Waals surface area contributed by atoms with Crippen molar-refractivity contribution in [1.82, 2.24) is 10.2 Å². The van der Waals surface area contributed by atoms with Crippen LogP contribution in [0, 0.1) is 13.8 Å². The van der Waals surface area contributed by atoms with Crippen molar-refractivity contribution in [1.29, 1.82) is 0 Å². The van der Waals surface area contributed by atoms with Crippen molar-refractivity contribution >= 4 is 5.91 Å². The molecular formula is C16H24N2O2. The minimum Gasteiger partial charge on any atom is -0.483 e. The number of nitrogens with zero attached hydrogens (tertiary/aromatic N) is 1. The maximum atomic E-state index is 12.3. The van der Waals surface area contributed by atoms with Gasteiger partial charge in [0, 0.05) is 25.2 Å². The molecule has 110 valence electrons. The fraction of sp³-hybridized carbons (Fsp3) is 0.562. The highest BCUT2D eigenvalue weighted by atomic mass is 16.5. The van der Waals surface area contributed by atoms with Gasteiger partial charge in [0.2, 0.25) is 0 Å². The molecule has 0 spiro atoms. The van der Waals surface area contributed by atoms with Crippen LogP contribution in [0.25, 0.3) is 0 Å². The Kier molecular flexibility index (Phi) is 4.65. The zero-order valence-corrected chi connectivity index (χ0v) is 12.8. The van der Waals surface area contributed by atoms with Gasteiger partial charge in [0.25, 0.3) is 5.91 Å². The van der Waals surface area contributed by atoms with E-state index in [1.54, 1.807) is 0 Å². The Balaban J connectivity index is 1.96. The number of aryl methyl sites for hydroxylation is 2. The number of ether oxygens (including phenoxy) is 1. The normalized spacial score (nSPS) is 22.7. The van der Waals surface area contributed by atoms with Crippen LogP contribution in [0.4, 0.5) is 0 Å². The van der Waals surface area contributed by atoms with Crippen LogP contribution in [-0.2, 0) is 4.79 Å². The molecule has 1 N–H and O–H groups in total. The van der Waals surface area contributed by atoms with Gasteiger partial charge in [0.1, 0.15) is 5.75 Å². The molecule has 0 saturated carbocycles. The van der Waals surface area contributed by atoms with Crippen LogP contribution in [0.1, 0.15) is 25.0 Å². The van der Waals surface area contributed by atoms with Crippen LogP contribution in [0.3, 0.4) is 0 Å². The van der Waals surface area contributed by atoms with Crippen LogP contribution in [0.5, 0.6) is 5.75 Å². The van der Waals surface area contributed by atoms with Gasteiger partial charge in [-0.05, 0) is 44.9 Å². The van der Waals surface area contributed by atoms with E-state index in [2.05, 4.69) is 19.2 Å². The summed E-state index contributed by atoms with van der Waals surface area (Å²) in [6.45, 7) is 9.91. The third-order valence-electron chi connectivity index (χ3n) is 4.05. The van der Waals surface area contributed by atoms with Crippen LogP contribution >= 0.6 is 0 Å². The predicted octanol–water partition coefficient (Wildman–Crippen LogP) is 1.89. The van der Waals surface area contributed by atoms with E-state index < -0.39 is 0 Å². The molecule has 1 aromatic rings. The number of piperazine rings is 1. The first-order valence-corrected chi connectivity index (χ1v) is 7.22. The Morgan fingerprint density at radius 3 is 2.90 bits per heavy atom. The highest BCUT2D eigenvalue weighted by Crippen LogP contribution is 2.19. The molecule has 4 nitrogen and oxygen atoms in total. The molecule has 1 saturated heterocycles. The SMILES string of the molecule is Cc1ccc(C)c(OCC(=O)N2CCNC(C)C2C)c1. The van der Waals surface area contributed by atoms with Gasteiger partial charge in [-0.2, -0.15) is 0 Å². The summed E-state index contributed by atoms with van der Waals surface area (Å²) in [6, 6.07) is 6.58. The number of nitrogens with one attached hydrogen (secondary N) is 1. The minimum atomic E-state index is 0.0618. The number of carbonyl (C=O) groups is 1. The van der Waals surface area contributed by atoms with E-state index in [1.807, 2.05) is 36.9 Å². The molecule has 1 aliphatic heterocycles. The smallest absolute Gasteiger partial charge is 0.260 e. The Hall–Kier alpha value is -1.55.